The number of hydrogen-bond donors (Lipinski definition) is 0. The van der Waals surface area contributed by atoms with Gasteiger partial charge in [-0.25, -0.2) is 4.98 Å². The molecule has 1 aliphatic rings. The van der Waals surface area contributed by atoms with Crippen molar-refractivity contribution < 1.29 is 4.79 Å². The van der Waals surface area contributed by atoms with Crippen LogP contribution in [0, 0.1) is 0 Å². The Labute approximate surface area is 94.1 Å². The van der Waals surface area contributed by atoms with Gasteiger partial charge in [-0.1, -0.05) is 6.42 Å². The van der Waals surface area contributed by atoms with E-state index in [1.54, 1.807) is 18.3 Å². The molecule has 0 amide bonds. The SMILES string of the molecule is CC(=O)C1CCCCN1Cc1nccs1. The zero-order valence-electron chi connectivity index (χ0n) is 8.98. The Morgan fingerprint density at radius 1 is 1.67 bits per heavy atom. The fourth-order valence-corrected chi connectivity index (χ4v) is 2.79. The van der Waals surface area contributed by atoms with Gasteiger partial charge >= 0.3 is 0 Å². The van der Waals surface area contributed by atoms with Crippen molar-refractivity contribution >= 4 is 17.1 Å². The quantitative estimate of drug-likeness (QED) is 0.788. The van der Waals surface area contributed by atoms with Gasteiger partial charge in [0.05, 0.1) is 12.6 Å². The highest BCUT2D eigenvalue weighted by Crippen LogP contribution is 2.20. The molecule has 0 bridgehead atoms. The summed E-state index contributed by atoms with van der Waals surface area (Å²) in [6, 6.07) is 0.127. The average Bonchev–Trinajstić information content (AvgIpc) is 2.71. The second-order valence-electron chi connectivity index (χ2n) is 4.02. The van der Waals surface area contributed by atoms with E-state index >= 15 is 0 Å². The molecule has 1 unspecified atom stereocenters. The largest absolute Gasteiger partial charge is 0.298 e. The molecule has 0 spiro atoms. The zero-order valence-corrected chi connectivity index (χ0v) is 9.80. The first-order valence-electron chi connectivity index (χ1n) is 5.40. The van der Waals surface area contributed by atoms with Crippen LogP contribution in [0.2, 0.25) is 0 Å². The molecule has 1 atom stereocenters. The molecule has 0 radical (unpaired) electrons. The van der Waals surface area contributed by atoms with Crippen LogP contribution in [0.5, 0.6) is 0 Å². The fraction of sp³-hybridized carbons (Fsp3) is 0.636. The third-order valence-electron chi connectivity index (χ3n) is 2.90. The molecule has 1 aromatic heterocycles. The molecule has 1 saturated heterocycles. The molecule has 2 heterocycles. The Morgan fingerprint density at radius 2 is 2.53 bits per heavy atom. The maximum atomic E-state index is 11.5. The summed E-state index contributed by atoms with van der Waals surface area (Å²) < 4.78 is 0. The minimum Gasteiger partial charge on any atom is -0.298 e. The number of aromatic nitrogens is 1. The molecule has 15 heavy (non-hydrogen) atoms. The second kappa shape index (κ2) is 4.86. The summed E-state index contributed by atoms with van der Waals surface area (Å²) in [6.45, 7) is 3.57. The average molecular weight is 224 g/mol. The van der Waals surface area contributed by atoms with Gasteiger partial charge in [0.15, 0.2) is 0 Å². The smallest absolute Gasteiger partial charge is 0.146 e. The lowest BCUT2D eigenvalue weighted by Crippen LogP contribution is -2.43. The lowest BCUT2D eigenvalue weighted by atomic mass is 9.99. The molecule has 0 saturated carbocycles. The van der Waals surface area contributed by atoms with Gasteiger partial charge in [-0.3, -0.25) is 9.69 Å². The molecule has 1 aliphatic heterocycles. The molecule has 82 valence electrons. The van der Waals surface area contributed by atoms with Crippen molar-refractivity contribution in [1.29, 1.82) is 0 Å². The highest BCUT2D eigenvalue weighted by atomic mass is 32.1. The minimum atomic E-state index is 0.127. The number of ketones is 1. The van der Waals surface area contributed by atoms with Crippen LogP contribution in [0.15, 0.2) is 11.6 Å². The Kier molecular flexibility index (Phi) is 3.49. The first-order valence-corrected chi connectivity index (χ1v) is 6.28. The zero-order chi connectivity index (χ0) is 10.7. The van der Waals surface area contributed by atoms with E-state index in [0.717, 1.165) is 24.5 Å². The Hall–Kier alpha value is -0.740. The summed E-state index contributed by atoms with van der Waals surface area (Å²) in [7, 11) is 0. The molecular formula is C11H16N2OS. The summed E-state index contributed by atoms with van der Waals surface area (Å²) in [6.07, 6.45) is 5.22. The Balaban J connectivity index is 2.02. The monoisotopic (exact) mass is 224 g/mol. The fourth-order valence-electron chi connectivity index (χ4n) is 2.15. The molecule has 0 N–H and O–H groups in total. The van der Waals surface area contributed by atoms with Gasteiger partial charge in [0.1, 0.15) is 10.8 Å². The van der Waals surface area contributed by atoms with Gasteiger partial charge in [-0.2, -0.15) is 0 Å². The number of Topliss-reactive ketones (excluding diaryl/α,β-unsaturated/α-hetero) is 1. The van der Waals surface area contributed by atoms with Gasteiger partial charge in [0.2, 0.25) is 0 Å². The van der Waals surface area contributed by atoms with Gasteiger partial charge < -0.3 is 0 Å². The lowest BCUT2D eigenvalue weighted by molar-refractivity contribution is -0.123. The topological polar surface area (TPSA) is 33.2 Å². The van der Waals surface area contributed by atoms with Crippen LogP contribution < -0.4 is 0 Å². The van der Waals surface area contributed by atoms with E-state index in [1.807, 2.05) is 11.6 Å². The molecule has 4 heteroatoms. The Bertz CT molecular complexity index is 323. The highest BCUT2D eigenvalue weighted by molar-refractivity contribution is 7.09. The predicted molar refractivity (Wildman–Crippen MR) is 60.8 cm³/mol. The van der Waals surface area contributed by atoms with E-state index < -0.39 is 0 Å². The van der Waals surface area contributed by atoms with Crippen molar-refractivity contribution in [3.8, 4) is 0 Å². The van der Waals surface area contributed by atoms with Gasteiger partial charge in [-0.15, -0.1) is 11.3 Å². The van der Waals surface area contributed by atoms with Crippen LogP contribution in [0.4, 0.5) is 0 Å². The van der Waals surface area contributed by atoms with Crippen molar-refractivity contribution in [2.45, 2.75) is 38.8 Å². The third-order valence-corrected chi connectivity index (χ3v) is 3.67. The summed E-state index contributed by atoms with van der Waals surface area (Å²) in [5.74, 6) is 0.297. The van der Waals surface area contributed by atoms with Crippen molar-refractivity contribution in [3.63, 3.8) is 0 Å². The van der Waals surface area contributed by atoms with Crippen molar-refractivity contribution in [1.82, 2.24) is 9.88 Å². The molecule has 1 aromatic rings. The van der Waals surface area contributed by atoms with Crippen LogP contribution in [0.1, 0.15) is 31.2 Å². The number of carbonyl (C=O) groups excluding carboxylic acids is 1. The number of piperidine rings is 1. The van der Waals surface area contributed by atoms with Crippen LogP contribution in [-0.4, -0.2) is 28.3 Å². The van der Waals surface area contributed by atoms with Crippen LogP contribution in [-0.2, 0) is 11.3 Å². The molecular weight excluding hydrogens is 208 g/mol. The normalized spacial score (nSPS) is 22.9. The van der Waals surface area contributed by atoms with E-state index in [2.05, 4.69) is 9.88 Å². The van der Waals surface area contributed by atoms with Gasteiger partial charge in [0, 0.05) is 11.6 Å². The van der Waals surface area contributed by atoms with E-state index in [9.17, 15) is 4.79 Å². The van der Waals surface area contributed by atoms with Gasteiger partial charge in [0.25, 0.3) is 0 Å². The van der Waals surface area contributed by atoms with E-state index in [0.29, 0.717) is 5.78 Å². The van der Waals surface area contributed by atoms with Crippen molar-refractivity contribution in [2.24, 2.45) is 0 Å². The second-order valence-corrected chi connectivity index (χ2v) is 5.00. The van der Waals surface area contributed by atoms with Gasteiger partial charge in [-0.05, 0) is 26.3 Å². The van der Waals surface area contributed by atoms with Crippen LogP contribution >= 0.6 is 11.3 Å². The summed E-state index contributed by atoms with van der Waals surface area (Å²) >= 11 is 1.67. The summed E-state index contributed by atoms with van der Waals surface area (Å²) in [5, 5.41) is 3.10. The van der Waals surface area contributed by atoms with E-state index in [4.69, 9.17) is 0 Å². The first-order chi connectivity index (χ1) is 7.27. The first kappa shape index (κ1) is 10.8. The number of rotatable bonds is 3. The highest BCUT2D eigenvalue weighted by Gasteiger charge is 2.26. The standard InChI is InChI=1S/C11H16N2OS/c1-9(14)10-4-2-3-6-13(10)8-11-12-5-7-15-11/h5,7,10H,2-4,6,8H2,1H3. The number of nitrogens with zero attached hydrogens (tertiary/aromatic N) is 2. The maximum Gasteiger partial charge on any atom is 0.146 e. The number of likely N-dealkylation sites (tertiary alicyclic amines) is 1. The Morgan fingerprint density at radius 3 is 3.20 bits per heavy atom. The number of thiazole rings is 1. The summed E-state index contributed by atoms with van der Waals surface area (Å²) in [5.41, 5.74) is 0. The van der Waals surface area contributed by atoms with Crippen molar-refractivity contribution in [3.05, 3.63) is 16.6 Å². The molecule has 2 rings (SSSR count). The van der Waals surface area contributed by atoms with Crippen LogP contribution in [0.3, 0.4) is 0 Å². The molecule has 1 fully saturated rings. The predicted octanol–water partition coefficient (Wildman–Crippen LogP) is 2.09. The van der Waals surface area contributed by atoms with Crippen LogP contribution in [0.25, 0.3) is 0 Å². The molecule has 0 aromatic carbocycles. The van der Waals surface area contributed by atoms with E-state index in [1.165, 1.54) is 12.8 Å². The number of carbonyl (C=O) groups is 1. The van der Waals surface area contributed by atoms with Crippen molar-refractivity contribution in [2.75, 3.05) is 6.54 Å². The lowest BCUT2D eigenvalue weighted by Gasteiger charge is -2.33. The number of hydrogen-bond acceptors (Lipinski definition) is 4. The van der Waals surface area contributed by atoms with E-state index in [-0.39, 0.29) is 6.04 Å². The molecule has 3 nitrogen and oxygen atoms in total. The minimum absolute atomic E-state index is 0.127. The third kappa shape index (κ3) is 2.63. The molecule has 0 aliphatic carbocycles. The summed E-state index contributed by atoms with van der Waals surface area (Å²) in [4.78, 5) is 18.0. The maximum absolute atomic E-state index is 11.5.